The van der Waals surface area contributed by atoms with Gasteiger partial charge in [0.15, 0.2) is 0 Å². The molecule has 0 atom stereocenters. The number of benzene rings is 1. The number of aliphatic carboxylic acids is 1. The molecule has 0 bridgehead atoms. The molecule has 0 aliphatic carbocycles. The van der Waals surface area contributed by atoms with E-state index in [2.05, 4.69) is 0 Å². The van der Waals surface area contributed by atoms with E-state index in [4.69, 9.17) is 22.0 Å². The molecule has 1 aliphatic heterocycles. The fourth-order valence-electron chi connectivity index (χ4n) is 1.66. The Balaban J connectivity index is 2.13. The Morgan fingerprint density at radius 3 is 2.75 bits per heavy atom. The highest BCUT2D eigenvalue weighted by atomic mass is 35.5. The molecule has 0 saturated carbocycles. The second-order valence-electron chi connectivity index (χ2n) is 3.72. The molecular weight excluding hydrogens is 228 g/mol. The van der Waals surface area contributed by atoms with Crippen molar-refractivity contribution in [3.05, 3.63) is 28.8 Å². The monoisotopic (exact) mass is 236 g/mol. The second-order valence-corrected chi connectivity index (χ2v) is 4.13. The van der Waals surface area contributed by atoms with E-state index in [1.807, 2.05) is 11.0 Å². The molecule has 1 N–H and O–H groups in total. The number of carboxylic acids is 1. The third-order valence-electron chi connectivity index (χ3n) is 2.65. The zero-order valence-electron chi connectivity index (χ0n) is 8.35. The van der Waals surface area contributed by atoms with Gasteiger partial charge in [-0.15, -0.1) is 0 Å². The molecular formula is C11H9ClN2O2. The van der Waals surface area contributed by atoms with Crippen LogP contribution in [0.3, 0.4) is 0 Å². The molecule has 1 aromatic rings. The maximum atomic E-state index is 10.6. The van der Waals surface area contributed by atoms with Gasteiger partial charge in [0.25, 0.3) is 0 Å². The van der Waals surface area contributed by atoms with Crippen molar-refractivity contribution in [1.82, 2.24) is 0 Å². The van der Waals surface area contributed by atoms with Gasteiger partial charge in [0.05, 0.1) is 28.3 Å². The van der Waals surface area contributed by atoms with Crippen LogP contribution in [0, 0.1) is 17.2 Å². The Kier molecular flexibility index (Phi) is 2.71. The van der Waals surface area contributed by atoms with Crippen molar-refractivity contribution in [1.29, 1.82) is 5.26 Å². The van der Waals surface area contributed by atoms with Crippen LogP contribution in [0.15, 0.2) is 18.2 Å². The van der Waals surface area contributed by atoms with Crippen molar-refractivity contribution >= 4 is 23.3 Å². The van der Waals surface area contributed by atoms with Crippen molar-refractivity contribution in [2.24, 2.45) is 5.92 Å². The first-order valence-electron chi connectivity index (χ1n) is 4.79. The minimum absolute atomic E-state index is 0.313. The van der Waals surface area contributed by atoms with Crippen molar-refractivity contribution < 1.29 is 9.90 Å². The van der Waals surface area contributed by atoms with Gasteiger partial charge in [0.1, 0.15) is 0 Å². The minimum Gasteiger partial charge on any atom is -0.481 e. The Morgan fingerprint density at radius 1 is 1.56 bits per heavy atom. The van der Waals surface area contributed by atoms with Crippen LogP contribution in [0.25, 0.3) is 0 Å². The lowest BCUT2D eigenvalue weighted by atomic mass is 9.99. The van der Waals surface area contributed by atoms with E-state index in [0.717, 1.165) is 5.69 Å². The van der Waals surface area contributed by atoms with Crippen LogP contribution < -0.4 is 4.90 Å². The number of nitrogens with zero attached hydrogens (tertiary/aromatic N) is 2. The number of hydrogen-bond donors (Lipinski definition) is 1. The van der Waals surface area contributed by atoms with E-state index in [9.17, 15) is 4.79 Å². The first-order chi connectivity index (χ1) is 7.61. The molecule has 4 nitrogen and oxygen atoms in total. The number of anilines is 1. The first kappa shape index (κ1) is 10.8. The van der Waals surface area contributed by atoms with E-state index in [-0.39, 0.29) is 5.92 Å². The Morgan fingerprint density at radius 2 is 2.25 bits per heavy atom. The summed E-state index contributed by atoms with van der Waals surface area (Å²) in [5.74, 6) is -1.09. The molecule has 0 unspecified atom stereocenters. The van der Waals surface area contributed by atoms with Gasteiger partial charge in [-0.25, -0.2) is 0 Å². The van der Waals surface area contributed by atoms with E-state index in [0.29, 0.717) is 23.7 Å². The highest BCUT2D eigenvalue weighted by molar-refractivity contribution is 6.33. The van der Waals surface area contributed by atoms with Gasteiger partial charge >= 0.3 is 5.97 Å². The van der Waals surface area contributed by atoms with E-state index in [1.54, 1.807) is 18.2 Å². The van der Waals surface area contributed by atoms with Crippen LogP contribution in [-0.2, 0) is 4.79 Å². The smallest absolute Gasteiger partial charge is 0.310 e. The normalized spacial score (nSPS) is 15.4. The molecule has 0 amide bonds. The molecule has 0 aromatic heterocycles. The summed E-state index contributed by atoms with van der Waals surface area (Å²) >= 11 is 6.00. The first-order valence-corrected chi connectivity index (χ1v) is 5.17. The summed E-state index contributed by atoms with van der Waals surface area (Å²) < 4.78 is 0. The molecule has 1 fully saturated rings. The van der Waals surface area contributed by atoms with Crippen molar-refractivity contribution in [2.75, 3.05) is 18.0 Å². The molecule has 1 aromatic carbocycles. The van der Waals surface area contributed by atoms with Crippen molar-refractivity contribution in [2.45, 2.75) is 0 Å². The third kappa shape index (κ3) is 1.82. The topological polar surface area (TPSA) is 64.3 Å². The summed E-state index contributed by atoms with van der Waals surface area (Å²) in [7, 11) is 0. The maximum Gasteiger partial charge on any atom is 0.310 e. The van der Waals surface area contributed by atoms with Crippen LogP contribution in [0.5, 0.6) is 0 Å². The lowest BCUT2D eigenvalue weighted by molar-refractivity contribution is -0.142. The standard InChI is InChI=1S/C11H9ClN2O2/c12-9-3-7(4-13)1-2-10(9)14-5-8(6-14)11(15)16/h1-3,8H,5-6H2,(H,15,16). The largest absolute Gasteiger partial charge is 0.481 e. The van der Waals surface area contributed by atoms with E-state index >= 15 is 0 Å². The molecule has 1 heterocycles. The highest BCUT2D eigenvalue weighted by Gasteiger charge is 2.33. The van der Waals surface area contributed by atoms with Crippen LogP contribution in [0.2, 0.25) is 5.02 Å². The van der Waals surface area contributed by atoms with Crippen LogP contribution in [0.1, 0.15) is 5.56 Å². The summed E-state index contributed by atoms with van der Waals surface area (Å²) in [5, 5.41) is 17.9. The molecule has 2 rings (SSSR count). The SMILES string of the molecule is N#Cc1ccc(N2CC(C(=O)O)C2)c(Cl)c1. The van der Waals surface area contributed by atoms with Crippen LogP contribution in [-0.4, -0.2) is 24.2 Å². The Bertz CT molecular complexity index is 475. The summed E-state index contributed by atoms with van der Waals surface area (Å²) in [6.45, 7) is 0.946. The zero-order chi connectivity index (χ0) is 11.7. The molecule has 5 heteroatoms. The van der Waals surface area contributed by atoms with Crippen LogP contribution in [0.4, 0.5) is 5.69 Å². The molecule has 16 heavy (non-hydrogen) atoms. The number of carboxylic acid groups (broad SMARTS) is 1. The predicted octanol–water partition coefficient (Wildman–Crippen LogP) is 1.73. The summed E-state index contributed by atoms with van der Waals surface area (Å²) in [5.41, 5.74) is 1.29. The summed E-state index contributed by atoms with van der Waals surface area (Å²) in [6, 6.07) is 7.01. The zero-order valence-corrected chi connectivity index (χ0v) is 9.11. The number of nitriles is 1. The molecule has 0 radical (unpaired) electrons. The average Bonchev–Trinajstić information content (AvgIpc) is 2.17. The minimum atomic E-state index is -0.777. The van der Waals surface area contributed by atoms with E-state index < -0.39 is 5.97 Å². The molecule has 0 spiro atoms. The van der Waals surface area contributed by atoms with Crippen molar-refractivity contribution in [3.8, 4) is 6.07 Å². The molecule has 82 valence electrons. The van der Waals surface area contributed by atoms with Gasteiger partial charge in [-0.2, -0.15) is 5.26 Å². The van der Waals surface area contributed by atoms with Gasteiger partial charge in [0, 0.05) is 13.1 Å². The molecule has 1 saturated heterocycles. The van der Waals surface area contributed by atoms with Gasteiger partial charge in [-0.3, -0.25) is 4.79 Å². The van der Waals surface area contributed by atoms with Gasteiger partial charge in [-0.05, 0) is 18.2 Å². The quantitative estimate of drug-likeness (QED) is 0.850. The number of carbonyl (C=O) groups is 1. The van der Waals surface area contributed by atoms with Gasteiger partial charge in [-0.1, -0.05) is 11.6 Å². The number of hydrogen-bond acceptors (Lipinski definition) is 3. The number of halogens is 1. The second kappa shape index (κ2) is 4.03. The third-order valence-corrected chi connectivity index (χ3v) is 2.95. The lowest BCUT2D eigenvalue weighted by Crippen LogP contribution is -2.50. The van der Waals surface area contributed by atoms with Crippen molar-refractivity contribution in [3.63, 3.8) is 0 Å². The lowest BCUT2D eigenvalue weighted by Gasteiger charge is -2.39. The Labute approximate surface area is 97.7 Å². The highest BCUT2D eigenvalue weighted by Crippen LogP contribution is 2.31. The summed E-state index contributed by atoms with van der Waals surface area (Å²) in [4.78, 5) is 12.5. The summed E-state index contributed by atoms with van der Waals surface area (Å²) in [6.07, 6.45) is 0. The average molecular weight is 237 g/mol. The fourth-order valence-corrected chi connectivity index (χ4v) is 1.96. The van der Waals surface area contributed by atoms with Crippen LogP contribution >= 0.6 is 11.6 Å². The number of rotatable bonds is 2. The van der Waals surface area contributed by atoms with E-state index in [1.165, 1.54) is 0 Å². The maximum absolute atomic E-state index is 10.6. The molecule has 1 aliphatic rings. The van der Waals surface area contributed by atoms with Gasteiger partial charge < -0.3 is 10.0 Å². The predicted molar refractivity (Wildman–Crippen MR) is 59.5 cm³/mol. The Hall–Kier alpha value is -1.73. The van der Waals surface area contributed by atoms with Gasteiger partial charge in [0.2, 0.25) is 0 Å². The fraction of sp³-hybridized carbons (Fsp3) is 0.273.